The van der Waals surface area contributed by atoms with Gasteiger partial charge in [-0.15, -0.1) is 0 Å². The summed E-state index contributed by atoms with van der Waals surface area (Å²) >= 11 is 0. The molecule has 27 heavy (non-hydrogen) atoms. The molecule has 2 aromatic rings. The van der Waals surface area contributed by atoms with Crippen molar-refractivity contribution in [2.24, 2.45) is 0 Å². The molecule has 0 fully saturated rings. The van der Waals surface area contributed by atoms with Crippen molar-refractivity contribution < 1.29 is 20.1 Å². The first-order chi connectivity index (χ1) is 12.9. The van der Waals surface area contributed by atoms with Gasteiger partial charge in [0, 0.05) is 12.1 Å². The maximum absolute atomic E-state index is 11.0. The van der Waals surface area contributed by atoms with Gasteiger partial charge in [-0.1, -0.05) is 24.3 Å². The van der Waals surface area contributed by atoms with Gasteiger partial charge in [-0.2, -0.15) is 0 Å². The van der Waals surface area contributed by atoms with E-state index in [2.05, 4.69) is 0 Å². The summed E-state index contributed by atoms with van der Waals surface area (Å²) in [6, 6.07) is 7.69. The maximum atomic E-state index is 11.0. The highest BCUT2D eigenvalue weighted by Crippen LogP contribution is 2.26. The van der Waals surface area contributed by atoms with Crippen molar-refractivity contribution in [2.45, 2.75) is 19.3 Å². The van der Waals surface area contributed by atoms with Gasteiger partial charge in [-0.05, 0) is 43.5 Å². The lowest BCUT2D eigenvalue weighted by Crippen LogP contribution is -1.91. The van der Waals surface area contributed by atoms with E-state index in [9.17, 15) is 30.4 Å². The molecule has 0 saturated heterocycles. The van der Waals surface area contributed by atoms with E-state index in [0.29, 0.717) is 24.0 Å². The van der Waals surface area contributed by atoms with Gasteiger partial charge in [-0.25, -0.2) is 0 Å². The maximum Gasteiger partial charge on any atom is 0.276 e. The van der Waals surface area contributed by atoms with Crippen LogP contribution in [-0.2, 0) is 0 Å². The molecule has 0 atom stereocenters. The lowest BCUT2D eigenvalue weighted by atomic mass is 10.1. The van der Waals surface area contributed by atoms with E-state index in [1.807, 2.05) is 0 Å². The van der Waals surface area contributed by atoms with Crippen LogP contribution in [0, 0.1) is 20.2 Å². The van der Waals surface area contributed by atoms with E-state index in [0.717, 1.165) is 6.42 Å². The summed E-state index contributed by atoms with van der Waals surface area (Å²) in [5, 5.41) is 40.8. The number of benzene rings is 2. The smallest absolute Gasteiger partial charge is 0.276 e. The number of hydrogen-bond donors (Lipinski definition) is 2. The average molecular weight is 370 g/mol. The normalized spacial score (nSPS) is 11.3. The van der Waals surface area contributed by atoms with Gasteiger partial charge < -0.3 is 10.2 Å². The van der Waals surface area contributed by atoms with Gasteiger partial charge in [0.05, 0.1) is 21.0 Å². The second kappa shape index (κ2) is 9.14. The number of phenols is 2. The van der Waals surface area contributed by atoms with E-state index in [-0.39, 0.29) is 22.9 Å². The summed E-state index contributed by atoms with van der Waals surface area (Å²) in [6.07, 6.45) is 8.72. The number of unbranched alkanes of at least 4 members (excludes halogenated alkanes) is 2. The Bertz CT molecular complexity index is 832. The summed E-state index contributed by atoms with van der Waals surface area (Å²) in [5.74, 6) is -0.0909. The molecule has 0 spiro atoms. The lowest BCUT2D eigenvalue weighted by molar-refractivity contribution is -0.385. The number of aromatic hydroxyl groups is 2. The van der Waals surface area contributed by atoms with Gasteiger partial charge in [0.1, 0.15) is 11.5 Å². The molecule has 0 amide bonds. The van der Waals surface area contributed by atoms with Crippen LogP contribution in [0.15, 0.2) is 48.6 Å². The van der Waals surface area contributed by atoms with Crippen molar-refractivity contribution in [3.63, 3.8) is 0 Å². The molecule has 2 rings (SSSR count). The molecule has 0 unspecified atom stereocenters. The predicted octanol–water partition coefficient (Wildman–Crippen LogP) is 4.81. The fraction of sp³-hybridized carbons (Fsp3) is 0.158. The number of hydrogen-bond acceptors (Lipinski definition) is 6. The van der Waals surface area contributed by atoms with Crippen LogP contribution < -0.4 is 0 Å². The number of nitro groups is 2. The highest BCUT2D eigenvalue weighted by Gasteiger charge is 2.12. The van der Waals surface area contributed by atoms with Crippen LogP contribution in [0.1, 0.15) is 30.4 Å². The summed E-state index contributed by atoms with van der Waals surface area (Å²) in [5.41, 5.74) is 0.483. The first-order valence-corrected chi connectivity index (χ1v) is 8.16. The van der Waals surface area contributed by atoms with Crippen LogP contribution in [-0.4, -0.2) is 20.1 Å². The molecular weight excluding hydrogens is 352 g/mol. The minimum atomic E-state index is -0.510. The highest BCUT2D eigenvalue weighted by atomic mass is 16.6. The minimum Gasteiger partial charge on any atom is -0.508 e. The van der Waals surface area contributed by atoms with Crippen molar-refractivity contribution in [1.29, 1.82) is 0 Å². The zero-order valence-electron chi connectivity index (χ0n) is 14.3. The SMILES string of the molecule is O=[N+]([O-])c1ccc(O)cc1/C=C/CCC/C=C/c1cc(O)ccc1[N+](=O)[O-]. The third-order valence-electron chi connectivity index (χ3n) is 3.75. The Hall–Kier alpha value is -3.68. The van der Waals surface area contributed by atoms with Gasteiger partial charge in [-0.3, -0.25) is 20.2 Å². The van der Waals surface area contributed by atoms with Crippen molar-refractivity contribution in [3.8, 4) is 11.5 Å². The van der Waals surface area contributed by atoms with Gasteiger partial charge >= 0.3 is 0 Å². The summed E-state index contributed by atoms with van der Waals surface area (Å²) in [7, 11) is 0. The average Bonchev–Trinajstić information content (AvgIpc) is 2.60. The van der Waals surface area contributed by atoms with E-state index < -0.39 is 9.85 Å². The molecule has 0 aliphatic carbocycles. The van der Waals surface area contributed by atoms with Crippen LogP contribution in [0.2, 0.25) is 0 Å². The van der Waals surface area contributed by atoms with Crippen molar-refractivity contribution >= 4 is 23.5 Å². The Labute approximate surface area is 155 Å². The molecule has 8 heteroatoms. The molecule has 2 aromatic carbocycles. The quantitative estimate of drug-likeness (QED) is 0.390. The molecule has 0 aliphatic rings. The largest absolute Gasteiger partial charge is 0.508 e. The second-order valence-corrected chi connectivity index (χ2v) is 5.74. The van der Waals surface area contributed by atoms with Gasteiger partial charge in [0.25, 0.3) is 11.4 Å². The van der Waals surface area contributed by atoms with Crippen LogP contribution in [0.3, 0.4) is 0 Å². The van der Waals surface area contributed by atoms with Crippen molar-refractivity contribution in [3.05, 3.63) is 79.9 Å². The van der Waals surface area contributed by atoms with Crippen LogP contribution in [0.5, 0.6) is 11.5 Å². The summed E-state index contributed by atoms with van der Waals surface area (Å²) in [6.45, 7) is 0. The van der Waals surface area contributed by atoms with Crippen LogP contribution in [0.25, 0.3) is 12.2 Å². The van der Waals surface area contributed by atoms with Crippen molar-refractivity contribution in [1.82, 2.24) is 0 Å². The molecule has 2 N–H and O–H groups in total. The van der Waals surface area contributed by atoms with E-state index in [1.165, 1.54) is 36.4 Å². The predicted molar refractivity (Wildman–Crippen MR) is 101 cm³/mol. The van der Waals surface area contributed by atoms with Gasteiger partial charge in [0.15, 0.2) is 0 Å². The Morgan fingerprint density at radius 2 is 1.19 bits per heavy atom. The summed E-state index contributed by atoms with van der Waals surface area (Å²) in [4.78, 5) is 20.9. The lowest BCUT2D eigenvalue weighted by Gasteiger charge is -1.99. The zero-order chi connectivity index (χ0) is 19.8. The van der Waals surface area contributed by atoms with E-state index in [1.54, 1.807) is 24.3 Å². The third kappa shape index (κ3) is 5.67. The number of nitrogens with zero attached hydrogens (tertiary/aromatic N) is 2. The Morgan fingerprint density at radius 3 is 1.56 bits per heavy atom. The molecule has 0 heterocycles. The van der Waals surface area contributed by atoms with Crippen LogP contribution in [0.4, 0.5) is 11.4 Å². The molecule has 0 saturated carbocycles. The van der Waals surface area contributed by atoms with Gasteiger partial charge in [0.2, 0.25) is 0 Å². The monoisotopic (exact) mass is 370 g/mol. The Balaban J connectivity index is 1.92. The third-order valence-corrected chi connectivity index (χ3v) is 3.75. The fourth-order valence-electron chi connectivity index (χ4n) is 2.46. The molecular formula is C19H18N2O6. The minimum absolute atomic E-state index is 0.0455. The Kier molecular flexibility index (Phi) is 6.65. The topological polar surface area (TPSA) is 127 Å². The van der Waals surface area contributed by atoms with E-state index >= 15 is 0 Å². The fourth-order valence-corrected chi connectivity index (χ4v) is 2.46. The first-order valence-electron chi connectivity index (χ1n) is 8.16. The number of phenolic OH excluding ortho intramolecular Hbond substituents is 2. The molecule has 0 aliphatic heterocycles. The van der Waals surface area contributed by atoms with Crippen LogP contribution >= 0.6 is 0 Å². The zero-order valence-corrected chi connectivity index (χ0v) is 14.3. The first kappa shape index (κ1) is 19.6. The molecule has 8 nitrogen and oxygen atoms in total. The highest BCUT2D eigenvalue weighted by molar-refractivity contribution is 5.63. The van der Waals surface area contributed by atoms with Crippen molar-refractivity contribution in [2.75, 3.05) is 0 Å². The molecule has 0 bridgehead atoms. The standard InChI is InChI=1S/C19H18N2O6/c22-16-8-10-18(20(24)25)14(12-16)6-4-2-1-3-5-7-15-13-17(23)9-11-19(15)21(26)27/h4-13,22-23H,1-3H2/b6-4+,7-5+. The number of nitro benzene ring substituents is 2. The number of rotatable bonds is 8. The van der Waals surface area contributed by atoms with E-state index in [4.69, 9.17) is 0 Å². The Morgan fingerprint density at radius 1 is 0.778 bits per heavy atom. The second-order valence-electron chi connectivity index (χ2n) is 5.74. The molecule has 0 aromatic heterocycles. The molecule has 0 radical (unpaired) electrons. The number of allylic oxidation sites excluding steroid dienone is 2. The summed E-state index contributed by atoms with van der Waals surface area (Å²) < 4.78 is 0. The molecule has 140 valence electrons.